The highest BCUT2D eigenvalue weighted by Gasteiger charge is 1.86. The summed E-state index contributed by atoms with van der Waals surface area (Å²) >= 11 is 0. The lowest BCUT2D eigenvalue weighted by Crippen LogP contribution is -2.13. The van der Waals surface area contributed by atoms with E-state index in [1.165, 1.54) is 0 Å². The van der Waals surface area contributed by atoms with E-state index >= 15 is 0 Å². The number of nitrogens with one attached hydrogen (secondary N) is 1. The van der Waals surface area contributed by atoms with Crippen LogP contribution in [-0.4, -0.2) is 13.1 Å². The van der Waals surface area contributed by atoms with Crippen LogP contribution in [0.4, 0.5) is 0 Å². The van der Waals surface area contributed by atoms with Gasteiger partial charge in [-0.25, -0.2) is 0 Å². The third kappa shape index (κ3) is 5.33. The molecule has 2 nitrogen and oxygen atoms in total. The fourth-order valence-corrected chi connectivity index (χ4v) is 0.645. The Bertz CT molecular complexity index is 142. The number of nitriles is 1. The molecule has 0 saturated heterocycles. The molecule has 0 aliphatic heterocycles. The van der Waals surface area contributed by atoms with Gasteiger partial charge >= 0.3 is 0 Å². The lowest BCUT2D eigenvalue weighted by Gasteiger charge is -1.98. The van der Waals surface area contributed by atoms with Crippen molar-refractivity contribution in [1.29, 1.82) is 5.26 Å². The zero-order chi connectivity index (χ0) is 7.82. The third-order valence-corrected chi connectivity index (χ3v) is 1.26. The van der Waals surface area contributed by atoms with Crippen molar-refractivity contribution < 1.29 is 0 Å². The second-order valence-electron chi connectivity index (χ2n) is 2.22. The molecule has 0 radical (unpaired) electrons. The fraction of sp³-hybridized carbons (Fsp3) is 0.625. The Morgan fingerprint density at radius 2 is 2.40 bits per heavy atom. The van der Waals surface area contributed by atoms with Crippen LogP contribution in [0.2, 0.25) is 0 Å². The molecule has 1 N–H and O–H groups in total. The van der Waals surface area contributed by atoms with E-state index < -0.39 is 0 Å². The standard InChI is InChI=1S/C8H14N2/c1-3-10-7-5-8(2)4-6-9/h4,10H,3,5,7H2,1-2H3. The zero-order valence-corrected chi connectivity index (χ0v) is 6.65. The number of nitrogens with zero attached hydrogens (tertiary/aromatic N) is 1. The van der Waals surface area contributed by atoms with Gasteiger partial charge in [-0.15, -0.1) is 0 Å². The van der Waals surface area contributed by atoms with Crippen molar-refractivity contribution >= 4 is 0 Å². The van der Waals surface area contributed by atoms with Crippen LogP contribution in [0, 0.1) is 11.3 Å². The van der Waals surface area contributed by atoms with Crippen LogP contribution in [0.3, 0.4) is 0 Å². The maximum absolute atomic E-state index is 8.25. The molecule has 0 heterocycles. The highest BCUT2D eigenvalue weighted by atomic mass is 14.8. The Balaban J connectivity index is 3.32. The average molecular weight is 138 g/mol. The summed E-state index contributed by atoms with van der Waals surface area (Å²) in [6.45, 7) is 6.02. The van der Waals surface area contributed by atoms with Gasteiger partial charge in [0.2, 0.25) is 0 Å². The molecule has 0 unspecified atom stereocenters. The van der Waals surface area contributed by atoms with Gasteiger partial charge in [0.15, 0.2) is 0 Å². The third-order valence-electron chi connectivity index (χ3n) is 1.26. The first-order chi connectivity index (χ1) is 4.81. The largest absolute Gasteiger partial charge is 0.317 e. The van der Waals surface area contributed by atoms with Crippen LogP contribution >= 0.6 is 0 Å². The SMILES string of the molecule is CCNCCC(C)=CC#N. The second-order valence-corrected chi connectivity index (χ2v) is 2.22. The van der Waals surface area contributed by atoms with Crippen LogP contribution in [0.15, 0.2) is 11.6 Å². The molecule has 10 heavy (non-hydrogen) atoms. The minimum atomic E-state index is 0.973. The summed E-state index contributed by atoms with van der Waals surface area (Å²) in [5.74, 6) is 0. The number of hydrogen-bond donors (Lipinski definition) is 1. The van der Waals surface area contributed by atoms with Gasteiger partial charge in [0.1, 0.15) is 0 Å². The number of hydrogen-bond acceptors (Lipinski definition) is 2. The van der Waals surface area contributed by atoms with Crippen LogP contribution in [0.1, 0.15) is 20.3 Å². The maximum atomic E-state index is 8.25. The van der Waals surface area contributed by atoms with Crippen LogP contribution in [0.25, 0.3) is 0 Å². The molecular formula is C8H14N2. The lowest BCUT2D eigenvalue weighted by molar-refractivity contribution is 0.713. The predicted molar refractivity (Wildman–Crippen MR) is 42.5 cm³/mol. The summed E-state index contributed by atoms with van der Waals surface area (Å²) in [6, 6.07) is 2.00. The van der Waals surface area contributed by atoms with E-state index in [0.717, 1.165) is 25.1 Å². The predicted octanol–water partition coefficient (Wildman–Crippen LogP) is 1.46. The summed E-state index contributed by atoms with van der Waals surface area (Å²) in [6.07, 6.45) is 2.57. The molecule has 0 amide bonds. The number of allylic oxidation sites excluding steroid dienone is 1. The summed E-state index contributed by atoms with van der Waals surface area (Å²) in [5, 5.41) is 11.4. The molecule has 0 aromatic rings. The Kier molecular flexibility index (Phi) is 5.80. The molecule has 0 aliphatic carbocycles. The highest BCUT2D eigenvalue weighted by Crippen LogP contribution is 1.95. The van der Waals surface area contributed by atoms with E-state index in [2.05, 4.69) is 12.2 Å². The molecule has 0 bridgehead atoms. The lowest BCUT2D eigenvalue weighted by atomic mass is 10.2. The van der Waals surface area contributed by atoms with Crippen molar-refractivity contribution in [2.75, 3.05) is 13.1 Å². The normalized spacial score (nSPS) is 11.1. The number of rotatable bonds is 4. The summed E-state index contributed by atoms with van der Waals surface area (Å²) in [4.78, 5) is 0. The first kappa shape index (κ1) is 9.19. The average Bonchev–Trinajstić information content (AvgIpc) is 1.89. The van der Waals surface area contributed by atoms with Gasteiger partial charge in [0.25, 0.3) is 0 Å². The molecule has 0 aliphatic rings. The molecule has 0 saturated carbocycles. The quantitative estimate of drug-likeness (QED) is 0.471. The first-order valence-corrected chi connectivity index (χ1v) is 3.57. The molecule has 2 heteroatoms. The molecule has 0 aromatic heterocycles. The van der Waals surface area contributed by atoms with E-state index in [0.29, 0.717) is 0 Å². The Morgan fingerprint density at radius 1 is 1.70 bits per heavy atom. The molecule has 0 fully saturated rings. The van der Waals surface area contributed by atoms with Crippen LogP contribution in [-0.2, 0) is 0 Å². The van der Waals surface area contributed by atoms with E-state index in [-0.39, 0.29) is 0 Å². The Hall–Kier alpha value is -0.810. The molecule has 0 atom stereocenters. The van der Waals surface area contributed by atoms with Crippen LogP contribution in [0.5, 0.6) is 0 Å². The zero-order valence-electron chi connectivity index (χ0n) is 6.65. The van der Waals surface area contributed by atoms with Gasteiger partial charge in [-0.05, 0) is 26.4 Å². The van der Waals surface area contributed by atoms with Crippen molar-refractivity contribution in [3.63, 3.8) is 0 Å². The summed E-state index contributed by atoms with van der Waals surface area (Å²) in [5.41, 5.74) is 1.14. The van der Waals surface area contributed by atoms with Crippen molar-refractivity contribution in [2.24, 2.45) is 0 Å². The summed E-state index contributed by atoms with van der Waals surface area (Å²) in [7, 11) is 0. The van der Waals surface area contributed by atoms with Crippen molar-refractivity contribution in [2.45, 2.75) is 20.3 Å². The maximum Gasteiger partial charge on any atom is 0.0911 e. The van der Waals surface area contributed by atoms with Gasteiger partial charge < -0.3 is 5.32 Å². The minimum absolute atomic E-state index is 0.973. The van der Waals surface area contributed by atoms with Gasteiger partial charge in [-0.1, -0.05) is 12.5 Å². The monoisotopic (exact) mass is 138 g/mol. The second kappa shape index (κ2) is 6.31. The molecule has 0 rings (SSSR count). The van der Waals surface area contributed by atoms with Crippen molar-refractivity contribution in [1.82, 2.24) is 5.32 Å². The topological polar surface area (TPSA) is 35.8 Å². The Morgan fingerprint density at radius 3 is 2.90 bits per heavy atom. The van der Waals surface area contributed by atoms with Crippen LogP contribution < -0.4 is 5.32 Å². The van der Waals surface area contributed by atoms with E-state index in [1.807, 2.05) is 13.0 Å². The van der Waals surface area contributed by atoms with Crippen molar-refractivity contribution in [3.05, 3.63) is 11.6 Å². The Labute approximate surface area is 62.5 Å². The van der Waals surface area contributed by atoms with Gasteiger partial charge in [0, 0.05) is 6.08 Å². The molecule has 0 aromatic carbocycles. The smallest absolute Gasteiger partial charge is 0.0911 e. The molecular weight excluding hydrogens is 124 g/mol. The van der Waals surface area contributed by atoms with E-state index in [1.54, 1.807) is 6.08 Å². The minimum Gasteiger partial charge on any atom is -0.317 e. The van der Waals surface area contributed by atoms with Crippen molar-refractivity contribution in [3.8, 4) is 6.07 Å². The first-order valence-electron chi connectivity index (χ1n) is 3.57. The fourth-order valence-electron chi connectivity index (χ4n) is 0.645. The molecule has 56 valence electrons. The van der Waals surface area contributed by atoms with Gasteiger partial charge in [-0.3, -0.25) is 0 Å². The highest BCUT2D eigenvalue weighted by molar-refractivity contribution is 5.10. The van der Waals surface area contributed by atoms with E-state index in [9.17, 15) is 0 Å². The molecule has 0 spiro atoms. The van der Waals surface area contributed by atoms with E-state index in [4.69, 9.17) is 5.26 Å². The summed E-state index contributed by atoms with van der Waals surface area (Å²) < 4.78 is 0. The van der Waals surface area contributed by atoms with Gasteiger partial charge in [0.05, 0.1) is 6.07 Å². The van der Waals surface area contributed by atoms with Gasteiger partial charge in [-0.2, -0.15) is 5.26 Å².